The molecule has 3 rings (SSSR count). The van der Waals surface area contributed by atoms with E-state index >= 15 is 0 Å². The zero-order chi connectivity index (χ0) is 25.9. The smallest absolute Gasteiger partial charge is 0.341 e. The van der Waals surface area contributed by atoms with Crippen molar-refractivity contribution in [2.45, 2.75) is 45.4 Å². The van der Waals surface area contributed by atoms with Gasteiger partial charge in [-0.25, -0.2) is 13.2 Å². The van der Waals surface area contributed by atoms with Crippen molar-refractivity contribution >= 4 is 39.2 Å². The van der Waals surface area contributed by atoms with Gasteiger partial charge in [0.1, 0.15) is 10.5 Å². The number of anilines is 2. The minimum Gasteiger partial charge on any atom is -0.462 e. The lowest BCUT2D eigenvalue weighted by Gasteiger charge is -2.31. The van der Waals surface area contributed by atoms with Gasteiger partial charge in [-0.05, 0) is 57.9 Å². The standard InChI is InChI=1S/C24H32N4O6S/c1-6-34-24(31)21-15(2)27(5)16(3)22(21)35(32,33)28-13-7-8-18(14-28)23(30)26-20-11-9-19(10-12-20)25-17(4)29/h9-12,18H,6-8,13-14H2,1-5H3,(H,25,29)(H,26,30)/t18-/m0/s1. The van der Waals surface area contributed by atoms with Crippen molar-refractivity contribution in [3.63, 3.8) is 0 Å². The Kier molecular flexibility index (Phi) is 8.01. The van der Waals surface area contributed by atoms with E-state index in [9.17, 15) is 22.8 Å². The van der Waals surface area contributed by atoms with Gasteiger partial charge in [0, 0.05) is 49.8 Å². The predicted octanol–water partition coefficient (Wildman–Crippen LogP) is 2.82. The van der Waals surface area contributed by atoms with Crippen molar-refractivity contribution in [3.05, 3.63) is 41.2 Å². The number of rotatable bonds is 7. The summed E-state index contributed by atoms with van der Waals surface area (Å²) in [5, 5.41) is 5.48. The second-order valence-electron chi connectivity index (χ2n) is 8.60. The van der Waals surface area contributed by atoms with E-state index in [2.05, 4.69) is 10.6 Å². The van der Waals surface area contributed by atoms with E-state index in [0.717, 1.165) is 0 Å². The number of piperidine rings is 1. The maximum absolute atomic E-state index is 13.7. The zero-order valence-corrected chi connectivity index (χ0v) is 21.5. The van der Waals surface area contributed by atoms with Gasteiger partial charge in [0.25, 0.3) is 0 Å². The molecule has 0 bridgehead atoms. The first kappa shape index (κ1) is 26.4. The average molecular weight is 505 g/mol. The first-order valence-corrected chi connectivity index (χ1v) is 12.9. The number of sulfonamides is 1. The highest BCUT2D eigenvalue weighted by atomic mass is 32.2. The van der Waals surface area contributed by atoms with Crippen LogP contribution in [0.4, 0.5) is 11.4 Å². The molecule has 2 heterocycles. The number of aromatic nitrogens is 1. The van der Waals surface area contributed by atoms with Gasteiger partial charge in [0.15, 0.2) is 0 Å². The van der Waals surface area contributed by atoms with E-state index in [4.69, 9.17) is 4.74 Å². The molecule has 1 aromatic heterocycles. The van der Waals surface area contributed by atoms with Crippen LogP contribution >= 0.6 is 0 Å². The molecule has 0 saturated carbocycles. The summed E-state index contributed by atoms with van der Waals surface area (Å²) in [5.74, 6) is -1.71. The van der Waals surface area contributed by atoms with Crippen LogP contribution in [0.15, 0.2) is 29.2 Å². The molecular weight excluding hydrogens is 472 g/mol. The average Bonchev–Trinajstić information content (AvgIpc) is 3.04. The molecule has 1 atom stereocenters. The molecule has 1 aromatic carbocycles. The summed E-state index contributed by atoms with van der Waals surface area (Å²) in [7, 11) is -2.35. The van der Waals surface area contributed by atoms with Crippen molar-refractivity contribution < 1.29 is 27.5 Å². The second-order valence-corrected chi connectivity index (χ2v) is 10.5. The summed E-state index contributed by atoms with van der Waals surface area (Å²) >= 11 is 0. The van der Waals surface area contributed by atoms with Crippen LogP contribution in [-0.4, -0.2) is 54.8 Å². The van der Waals surface area contributed by atoms with E-state index in [-0.39, 0.29) is 42.0 Å². The largest absolute Gasteiger partial charge is 0.462 e. The summed E-state index contributed by atoms with van der Waals surface area (Å²) in [6, 6.07) is 6.68. The van der Waals surface area contributed by atoms with Crippen LogP contribution in [0.1, 0.15) is 48.4 Å². The summed E-state index contributed by atoms with van der Waals surface area (Å²) < 4.78 is 35.5. The topological polar surface area (TPSA) is 127 Å². The lowest BCUT2D eigenvalue weighted by atomic mass is 9.98. The number of hydrogen-bond acceptors (Lipinski definition) is 6. The van der Waals surface area contributed by atoms with Gasteiger partial charge in [0.2, 0.25) is 21.8 Å². The van der Waals surface area contributed by atoms with Crippen molar-refractivity contribution in [1.29, 1.82) is 0 Å². The van der Waals surface area contributed by atoms with Crippen molar-refractivity contribution in [2.75, 3.05) is 30.3 Å². The van der Waals surface area contributed by atoms with Gasteiger partial charge in [-0.3, -0.25) is 9.59 Å². The molecule has 10 nitrogen and oxygen atoms in total. The predicted molar refractivity (Wildman–Crippen MR) is 132 cm³/mol. The summed E-state index contributed by atoms with van der Waals surface area (Å²) in [6.45, 7) is 6.80. The van der Waals surface area contributed by atoms with Crippen LogP contribution in [0.5, 0.6) is 0 Å². The number of nitrogens with one attached hydrogen (secondary N) is 2. The minimum absolute atomic E-state index is 0.00773. The van der Waals surface area contributed by atoms with E-state index in [0.29, 0.717) is 35.6 Å². The number of ether oxygens (including phenoxy) is 1. The molecule has 0 unspecified atom stereocenters. The quantitative estimate of drug-likeness (QED) is 0.559. The molecule has 2 N–H and O–H groups in total. The van der Waals surface area contributed by atoms with Crippen LogP contribution in [0, 0.1) is 19.8 Å². The first-order chi connectivity index (χ1) is 16.5. The molecule has 1 saturated heterocycles. The molecule has 0 radical (unpaired) electrons. The van der Waals surface area contributed by atoms with Crippen LogP contribution < -0.4 is 10.6 Å². The Balaban J connectivity index is 1.81. The van der Waals surface area contributed by atoms with E-state index < -0.39 is 21.9 Å². The fraction of sp³-hybridized carbons (Fsp3) is 0.458. The molecule has 0 aliphatic carbocycles. The summed E-state index contributed by atoms with van der Waals surface area (Å²) in [5.41, 5.74) is 2.14. The highest BCUT2D eigenvalue weighted by molar-refractivity contribution is 7.89. The van der Waals surface area contributed by atoms with Crippen molar-refractivity contribution in [3.8, 4) is 0 Å². The lowest BCUT2D eigenvalue weighted by molar-refractivity contribution is -0.121. The number of benzene rings is 1. The summed E-state index contributed by atoms with van der Waals surface area (Å²) in [6.07, 6.45) is 1.05. The van der Waals surface area contributed by atoms with Gasteiger partial charge < -0.3 is 19.9 Å². The van der Waals surface area contributed by atoms with Crippen LogP contribution in [0.3, 0.4) is 0 Å². The van der Waals surface area contributed by atoms with E-state index in [1.54, 1.807) is 56.7 Å². The number of carbonyl (C=O) groups excluding carboxylic acids is 3. The Morgan fingerprint density at radius 2 is 1.66 bits per heavy atom. The first-order valence-electron chi connectivity index (χ1n) is 11.5. The molecule has 1 aliphatic rings. The number of nitrogens with zero attached hydrogens (tertiary/aromatic N) is 2. The maximum Gasteiger partial charge on any atom is 0.341 e. The van der Waals surface area contributed by atoms with Gasteiger partial charge in [-0.15, -0.1) is 0 Å². The summed E-state index contributed by atoms with van der Waals surface area (Å²) in [4.78, 5) is 36.7. The van der Waals surface area contributed by atoms with Crippen molar-refractivity contribution in [2.24, 2.45) is 13.0 Å². The minimum atomic E-state index is -4.05. The Bertz CT molecular complexity index is 1230. The van der Waals surface area contributed by atoms with Gasteiger partial charge in [0.05, 0.1) is 12.5 Å². The third-order valence-electron chi connectivity index (χ3n) is 6.23. The van der Waals surface area contributed by atoms with Crippen LogP contribution in [-0.2, 0) is 31.4 Å². The van der Waals surface area contributed by atoms with Crippen molar-refractivity contribution in [1.82, 2.24) is 8.87 Å². The monoisotopic (exact) mass is 504 g/mol. The fourth-order valence-electron chi connectivity index (χ4n) is 4.26. The SMILES string of the molecule is CCOC(=O)c1c(S(=O)(=O)N2CCC[C@H](C(=O)Nc3ccc(NC(C)=O)cc3)C2)c(C)n(C)c1C. The van der Waals surface area contributed by atoms with Gasteiger partial charge >= 0.3 is 5.97 Å². The maximum atomic E-state index is 13.7. The molecule has 190 valence electrons. The Morgan fingerprint density at radius 3 is 2.23 bits per heavy atom. The Morgan fingerprint density at radius 1 is 1.06 bits per heavy atom. The molecule has 11 heteroatoms. The molecular formula is C24H32N4O6S. The van der Waals surface area contributed by atoms with Gasteiger partial charge in [-0.2, -0.15) is 4.31 Å². The third kappa shape index (κ3) is 5.57. The van der Waals surface area contributed by atoms with E-state index in [1.807, 2.05) is 0 Å². The Labute approximate surface area is 205 Å². The Hall–Kier alpha value is -3.18. The third-order valence-corrected chi connectivity index (χ3v) is 8.26. The second kappa shape index (κ2) is 10.6. The number of carbonyl (C=O) groups is 3. The van der Waals surface area contributed by atoms with Gasteiger partial charge in [-0.1, -0.05) is 0 Å². The van der Waals surface area contributed by atoms with Crippen LogP contribution in [0.2, 0.25) is 0 Å². The number of amides is 2. The van der Waals surface area contributed by atoms with Crippen LogP contribution in [0.25, 0.3) is 0 Å². The molecule has 1 aliphatic heterocycles. The lowest BCUT2D eigenvalue weighted by Crippen LogP contribution is -2.44. The number of hydrogen-bond donors (Lipinski definition) is 2. The molecule has 2 amide bonds. The molecule has 2 aromatic rings. The molecule has 1 fully saturated rings. The normalized spacial score (nSPS) is 16.5. The zero-order valence-electron chi connectivity index (χ0n) is 20.7. The fourth-order valence-corrected chi connectivity index (χ4v) is 6.27. The number of esters is 1. The van der Waals surface area contributed by atoms with E-state index in [1.165, 1.54) is 11.2 Å². The highest BCUT2D eigenvalue weighted by Crippen LogP contribution is 2.32. The molecule has 0 spiro atoms. The molecule has 35 heavy (non-hydrogen) atoms. The highest BCUT2D eigenvalue weighted by Gasteiger charge is 2.39.